The molecule has 0 bridgehead atoms. The van der Waals surface area contributed by atoms with Crippen LogP contribution in [0.2, 0.25) is 0 Å². The van der Waals surface area contributed by atoms with Crippen molar-refractivity contribution in [2.24, 2.45) is 0 Å². The van der Waals surface area contributed by atoms with Gasteiger partial charge in [0.1, 0.15) is 0 Å². The Labute approximate surface area is 115 Å². The van der Waals surface area contributed by atoms with Crippen LogP contribution in [-0.4, -0.2) is 55.4 Å². The Kier molecular flexibility index (Phi) is 4.36. The molecule has 1 fully saturated rings. The quantitative estimate of drug-likeness (QED) is 0.797. The molecule has 1 aliphatic rings. The lowest BCUT2D eigenvalue weighted by Crippen LogP contribution is -2.33. The number of carbonyl (C=O) groups is 1. The Morgan fingerprint density at radius 3 is 2.88 bits per heavy atom. The summed E-state index contributed by atoms with van der Waals surface area (Å²) in [5, 5.41) is 0. The second kappa shape index (κ2) is 5.61. The predicted molar refractivity (Wildman–Crippen MR) is 74.9 cm³/mol. The number of halogens is 1. The monoisotopic (exact) mass is 316 g/mol. The smallest absolute Gasteiger partial charge is 0.186 e. The van der Waals surface area contributed by atoms with Crippen LogP contribution in [0.15, 0.2) is 15.9 Å². The molecule has 1 aliphatic heterocycles. The van der Waals surface area contributed by atoms with Crippen molar-refractivity contribution in [2.45, 2.75) is 12.5 Å². The van der Waals surface area contributed by atoms with Crippen LogP contribution < -0.4 is 0 Å². The third-order valence-electron chi connectivity index (χ3n) is 3.19. The molecular formula is C12H17BrN2OS. The highest BCUT2D eigenvalue weighted by molar-refractivity contribution is 9.11. The molecule has 1 aromatic heterocycles. The van der Waals surface area contributed by atoms with E-state index in [0.717, 1.165) is 28.2 Å². The van der Waals surface area contributed by atoms with Crippen LogP contribution in [0.25, 0.3) is 0 Å². The van der Waals surface area contributed by atoms with Gasteiger partial charge in [-0.15, -0.1) is 11.3 Å². The van der Waals surface area contributed by atoms with E-state index in [-0.39, 0.29) is 5.78 Å². The van der Waals surface area contributed by atoms with E-state index in [1.807, 2.05) is 12.1 Å². The fraction of sp³-hybridized carbons (Fsp3) is 0.583. The van der Waals surface area contributed by atoms with Gasteiger partial charge in [-0.3, -0.25) is 9.69 Å². The summed E-state index contributed by atoms with van der Waals surface area (Å²) in [6.07, 6.45) is 1.16. The predicted octanol–water partition coefficient (Wildman–Crippen LogP) is 2.33. The first kappa shape index (κ1) is 13.2. The maximum absolute atomic E-state index is 12.0. The zero-order valence-corrected chi connectivity index (χ0v) is 12.6. The number of rotatable bonds is 4. The largest absolute Gasteiger partial charge is 0.305 e. The topological polar surface area (TPSA) is 23.6 Å². The highest BCUT2D eigenvalue weighted by Gasteiger charge is 2.25. The molecule has 2 heterocycles. The Morgan fingerprint density at radius 1 is 1.59 bits per heavy atom. The zero-order chi connectivity index (χ0) is 12.4. The van der Waals surface area contributed by atoms with E-state index in [4.69, 9.17) is 0 Å². The third kappa shape index (κ3) is 3.37. The Bertz CT molecular complexity index is 405. The fourth-order valence-corrected chi connectivity index (χ4v) is 3.44. The van der Waals surface area contributed by atoms with Gasteiger partial charge in [-0.1, -0.05) is 0 Å². The first-order chi connectivity index (χ1) is 8.06. The van der Waals surface area contributed by atoms with Crippen LogP contribution >= 0.6 is 27.3 Å². The molecule has 5 heteroatoms. The molecule has 0 spiro atoms. The van der Waals surface area contributed by atoms with Crippen molar-refractivity contribution in [2.75, 3.05) is 33.7 Å². The normalized spacial score (nSPS) is 21.3. The number of likely N-dealkylation sites (N-methyl/N-ethyl adjacent to an activating group) is 1. The molecule has 17 heavy (non-hydrogen) atoms. The van der Waals surface area contributed by atoms with E-state index in [2.05, 4.69) is 39.8 Å². The minimum atomic E-state index is 0.236. The lowest BCUT2D eigenvalue weighted by molar-refractivity contribution is 0.0945. The van der Waals surface area contributed by atoms with Gasteiger partial charge < -0.3 is 4.90 Å². The van der Waals surface area contributed by atoms with Crippen molar-refractivity contribution in [1.29, 1.82) is 0 Å². The molecule has 0 amide bonds. The summed E-state index contributed by atoms with van der Waals surface area (Å²) in [4.78, 5) is 17.4. The van der Waals surface area contributed by atoms with Crippen molar-refractivity contribution in [3.63, 3.8) is 0 Å². The highest BCUT2D eigenvalue weighted by Crippen LogP contribution is 2.23. The zero-order valence-electron chi connectivity index (χ0n) is 10.1. The molecule has 94 valence electrons. The number of thiophene rings is 1. The summed E-state index contributed by atoms with van der Waals surface area (Å²) in [5.74, 6) is 0.236. The molecule has 0 radical (unpaired) electrons. The summed E-state index contributed by atoms with van der Waals surface area (Å²) < 4.78 is 1.02. The van der Waals surface area contributed by atoms with Gasteiger partial charge >= 0.3 is 0 Å². The van der Waals surface area contributed by atoms with Crippen molar-refractivity contribution in [1.82, 2.24) is 9.80 Å². The number of nitrogens with zero attached hydrogens (tertiary/aromatic N) is 2. The first-order valence-electron chi connectivity index (χ1n) is 5.73. The average molecular weight is 317 g/mol. The number of Topliss-reactive ketones (excluding diaryl/α,β-unsaturated/α-hetero) is 1. The van der Waals surface area contributed by atoms with Crippen molar-refractivity contribution >= 4 is 33.0 Å². The third-order valence-corrected chi connectivity index (χ3v) is 4.86. The molecule has 1 saturated heterocycles. The van der Waals surface area contributed by atoms with E-state index >= 15 is 0 Å². The second-order valence-corrected chi connectivity index (χ2v) is 7.13. The number of hydrogen-bond donors (Lipinski definition) is 0. The molecular weight excluding hydrogens is 300 g/mol. The number of hydrogen-bond acceptors (Lipinski definition) is 4. The Balaban J connectivity index is 1.88. The minimum absolute atomic E-state index is 0.236. The Hall–Kier alpha value is -0.230. The van der Waals surface area contributed by atoms with Crippen LogP contribution in [-0.2, 0) is 0 Å². The van der Waals surface area contributed by atoms with E-state index in [0.29, 0.717) is 12.6 Å². The maximum atomic E-state index is 12.0. The van der Waals surface area contributed by atoms with Gasteiger partial charge in [-0.25, -0.2) is 0 Å². The molecule has 3 nitrogen and oxygen atoms in total. The highest BCUT2D eigenvalue weighted by atomic mass is 79.9. The van der Waals surface area contributed by atoms with Crippen LogP contribution in [0.4, 0.5) is 0 Å². The van der Waals surface area contributed by atoms with E-state index < -0.39 is 0 Å². The molecule has 0 aromatic carbocycles. The Morgan fingerprint density at radius 2 is 2.35 bits per heavy atom. The van der Waals surface area contributed by atoms with Gasteiger partial charge in [0.2, 0.25) is 0 Å². The SMILES string of the molecule is CN(C)C1CCN(CC(=O)c2ccc(Br)s2)C1. The summed E-state index contributed by atoms with van der Waals surface area (Å²) >= 11 is 4.90. The molecule has 1 unspecified atom stereocenters. The van der Waals surface area contributed by atoms with Crippen molar-refractivity contribution < 1.29 is 4.79 Å². The van der Waals surface area contributed by atoms with Gasteiger partial charge in [0.15, 0.2) is 5.78 Å². The van der Waals surface area contributed by atoms with E-state index in [9.17, 15) is 4.79 Å². The molecule has 0 saturated carbocycles. The molecule has 1 aromatic rings. The number of carbonyl (C=O) groups excluding carboxylic acids is 1. The summed E-state index contributed by atoms with van der Waals surface area (Å²) in [6.45, 7) is 2.59. The molecule has 0 N–H and O–H groups in total. The lowest BCUT2D eigenvalue weighted by Gasteiger charge is -2.19. The number of likely N-dealkylation sites (tertiary alicyclic amines) is 1. The van der Waals surface area contributed by atoms with Crippen LogP contribution in [0, 0.1) is 0 Å². The molecule has 1 atom stereocenters. The number of ketones is 1. The minimum Gasteiger partial charge on any atom is -0.305 e. The van der Waals surface area contributed by atoms with Gasteiger partial charge in [-0.2, -0.15) is 0 Å². The molecule has 0 aliphatic carbocycles. The van der Waals surface area contributed by atoms with E-state index in [1.165, 1.54) is 11.3 Å². The van der Waals surface area contributed by atoms with Crippen molar-refractivity contribution in [3.05, 3.63) is 20.8 Å². The second-order valence-electron chi connectivity index (χ2n) is 4.67. The van der Waals surface area contributed by atoms with Gasteiger partial charge in [-0.05, 0) is 48.6 Å². The van der Waals surface area contributed by atoms with Crippen LogP contribution in [0.3, 0.4) is 0 Å². The fourth-order valence-electron chi connectivity index (χ4n) is 2.12. The van der Waals surface area contributed by atoms with Gasteiger partial charge in [0.25, 0.3) is 0 Å². The molecule has 2 rings (SSSR count). The average Bonchev–Trinajstić information content (AvgIpc) is 2.86. The van der Waals surface area contributed by atoms with Gasteiger partial charge in [0.05, 0.1) is 15.2 Å². The van der Waals surface area contributed by atoms with Gasteiger partial charge in [0, 0.05) is 19.1 Å². The van der Waals surface area contributed by atoms with Crippen LogP contribution in [0.1, 0.15) is 16.1 Å². The maximum Gasteiger partial charge on any atom is 0.186 e. The summed E-state index contributed by atoms with van der Waals surface area (Å²) in [7, 11) is 4.21. The standard InChI is InChI=1S/C12H17BrN2OS/c1-14(2)9-5-6-15(7-9)8-10(16)11-3-4-12(13)17-11/h3-4,9H,5-8H2,1-2H3. The summed E-state index contributed by atoms with van der Waals surface area (Å²) in [6, 6.07) is 4.43. The summed E-state index contributed by atoms with van der Waals surface area (Å²) in [5.41, 5.74) is 0. The van der Waals surface area contributed by atoms with E-state index in [1.54, 1.807) is 0 Å². The lowest BCUT2D eigenvalue weighted by atomic mass is 10.2. The first-order valence-corrected chi connectivity index (χ1v) is 7.34. The van der Waals surface area contributed by atoms with Crippen molar-refractivity contribution in [3.8, 4) is 0 Å². The van der Waals surface area contributed by atoms with Crippen LogP contribution in [0.5, 0.6) is 0 Å².